The average molecular weight is 413 g/mol. The summed E-state index contributed by atoms with van der Waals surface area (Å²) in [5.74, 6) is 0. The van der Waals surface area contributed by atoms with Crippen LogP contribution < -0.4 is 0 Å². The molecule has 5 aromatic carbocycles. The SMILES string of the molecule is CCn1c2ccccc2c2c3c4c5ccccc5c5ccccc5c4n(CC)c3ccc21. The van der Waals surface area contributed by atoms with Gasteiger partial charge in [0.2, 0.25) is 0 Å². The van der Waals surface area contributed by atoms with Crippen molar-refractivity contribution in [2.75, 3.05) is 0 Å². The molecule has 32 heavy (non-hydrogen) atoms. The first-order valence-electron chi connectivity index (χ1n) is 11.6. The summed E-state index contributed by atoms with van der Waals surface area (Å²) in [5.41, 5.74) is 5.33. The lowest BCUT2D eigenvalue weighted by molar-refractivity contribution is 0.824. The summed E-state index contributed by atoms with van der Waals surface area (Å²) in [6.45, 7) is 6.42. The number of fused-ring (bicyclic) bond motifs is 12. The van der Waals surface area contributed by atoms with E-state index in [-0.39, 0.29) is 0 Å². The fourth-order valence-corrected chi connectivity index (χ4v) is 6.05. The quantitative estimate of drug-likeness (QED) is 0.253. The topological polar surface area (TPSA) is 9.86 Å². The van der Waals surface area contributed by atoms with E-state index in [1.54, 1.807) is 0 Å². The Kier molecular flexibility index (Phi) is 3.55. The summed E-state index contributed by atoms with van der Waals surface area (Å²) >= 11 is 0. The van der Waals surface area contributed by atoms with Gasteiger partial charge in [0.15, 0.2) is 0 Å². The highest BCUT2D eigenvalue weighted by Crippen LogP contribution is 2.45. The number of hydrogen-bond donors (Lipinski definition) is 0. The van der Waals surface area contributed by atoms with Crippen molar-refractivity contribution >= 4 is 65.2 Å². The standard InChI is InChI=1S/C30H24N2/c1-3-31-24-16-10-9-15-23(24)27-25(31)17-18-26-29(27)28-21-13-7-5-11-19(21)20-12-6-8-14-22(20)30(28)32(26)4-2/h5-18H,3-4H2,1-2H3. The maximum Gasteiger partial charge on any atom is 0.0577 e. The Morgan fingerprint density at radius 1 is 0.438 bits per heavy atom. The van der Waals surface area contributed by atoms with Gasteiger partial charge in [0.05, 0.1) is 5.52 Å². The second-order valence-electron chi connectivity index (χ2n) is 8.67. The summed E-state index contributed by atoms with van der Waals surface area (Å²) < 4.78 is 4.99. The largest absolute Gasteiger partial charge is 0.341 e. The van der Waals surface area contributed by atoms with Crippen LogP contribution in [-0.4, -0.2) is 9.13 Å². The third-order valence-electron chi connectivity index (χ3n) is 7.27. The van der Waals surface area contributed by atoms with Gasteiger partial charge in [-0.1, -0.05) is 66.7 Å². The first-order valence-corrected chi connectivity index (χ1v) is 11.6. The lowest BCUT2D eigenvalue weighted by Gasteiger charge is -2.10. The van der Waals surface area contributed by atoms with Crippen molar-refractivity contribution in [3.05, 3.63) is 84.9 Å². The second kappa shape index (κ2) is 6.37. The van der Waals surface area contributed by atoms with Crippen molar-refractivity contribution in [1.82, 2.24) is 9.13 Å². The van der Waals surface area contributed by atoms with E-state index in [0.717, 1.165) is 13.1 Å². The first kappa shape index (κ1) is 17.9. The molecule has 2 aromatic heterocycles. The predicted octanol–water partition coefficient (Wildman–Crippen LogP) is 8.25. The molecule has 0 radical (unpaired) electrons. The van der Waals surface area contributed by atoms with E-state index in [1.165, 1.54) is 65.2 Å². The zero-order valence-electron chi connectivity index (χ0n) is 18.4. The highest BCUT2D eigenvalue weighted by Gasteiger charge is 2.21. The molecule has 2 heterocycles. The third-order valence-corrected chi connectivity index (χ3v) is 7.27. The maximum atomic E-state index is 2.52. The van der Waals surface area contributed by atoms with Crippen molar-refractivity contribution in [2.24, 2.45) is 0 Å². The van der Waals surface area contributed by atoms with Crippen molar-refractivity contribution in [2.45, 2.75) is 26.9 Å². The van der Waals surface area contributed by atoms with Gasteiger partial charge in [0.25, 0.3) is 0 Å². The summed E-state index contributed by atoms with van der Waals surface area (Å²) in [6, 6.07) is 31.4. The Morgan fingerprint density at radius 3 is 1.66 bits per heavy atom. The molecule has 7 aromatic rings. The molecule has 0 saturated carbocycles. The Labute approximate surface area is 186 Å². The van der Waals surface area contributed by atoms with E-state index in [1.807, 2.05) is 0 Å². The number of aryl methyl sites for hydroxylation is 2. The van der Waals surface area contributed by atoms with Crippen molar-refractivity contribution < 1.29 is 0 Å². The minimum absolute atomic E-state index is 0.945. The minimum atomic E-state index is 0.945. The van der Waals surface area contributed by atoms with Crippen LogP contribution in [0.5, 0.6) is 0 Å². The molecule has 0 N–H and O–H groups in total. The molecule has 0 atom stereocenters. The number of benzene rings is 5. The van der Waals surface area contributed by atoms with Crippen LogP contribution in [0.2, 0.25) is 0 Å². The van der Waals surface area contributed by atoms with E-state index in [4.69, 9.17) is 0 Å². The van der Waals surface area contributed by atoms with Crippen LogP contribution in [0.3, 0.4) is 0 Å². The number of aromatic nitrogens is 2. The lowest BCUT2D eigenvalue weighted by Crippen LogP contribution is -1.95. The van der Waals surface area contributed by atoms with Crippen LogP contribution in [0.1, 0.15) is 13.8 Å². The van der Waals surface area contributed by atoms with Crippen molar-refractivity contribution in [3.63, 3.8) is 0 Å². The van der Waals surface area contributed by atoms with Crippen molar-refractivity contribution in [1.29, 1.82) is 0 Å². The summed E-state index contributed by atoms with van der Waals surface area (Å²) in [7, 11) is 0. The summed E-state index contributed by atoms with van der Waals surface area (Å²) in [6.07, 6.45) is 0. The predicted molar refractivity (Wildman–Crippen MR) is 139 cm³/mol. The number of rotatable bonds is 2. The number of nitrogens with zero attached hydrogens (tertiary/aromatic N) is 2. The molecular formula is C30H24N2. The van der Waals surface area contributed by atoms with Gasteiger partial charge >= 0.3 is 0 Å². The van der Waals surface area contributed by atoms with E-state index in [0.29, 0.717) is 0 Å². The van der Waals surface area contributed by atoms with Gasteiger partial charge in [-0.3, -0.25) is 0 Å². The molecule has 154 valence electrons. The van der Waals surface area contributed by atoms with Gasteiger partial charge in [-0.2, -0.15) is 0 Å². The van der Waals surface area contributed by atoms with Crippen LogP contribution in [0.4, 0.5) is 0 Å². The van der Waals surface area contributed by atoms with Gasteiger partial charge in [-0.25, -0.2) is 0 Å². The molecule has 0 bridgehead atoms. The first-order chi connectivity index (χ1) is 15.8. The molecule has 0 aliphatic carbocycles. The molecule has 7 rings (SSSR count). The van der Waals surface area contributed by atoms with E-state index < -0.39 is 0 Å². The van der Waals surface area contributed by atoms with Gasteiger partial charge < -0.3 is 9.13 Å². The van der Waals surface area contributed by atoms with Crippen LogP contribution in [0, 0.1) is 0 Å². The zero-order chi connectivity index (χ0) is 21.4. The molecule has 2 heteroatoms. The van der Waals surface area contributed by atoms with Crippen molar-refractivity contribution in [3.8, 4) is 0 Å². The van der Waals surface area contributed by atoms with Gasteiger partial charge in [-0.05, 0) is 48.2 Å². The third kappa shape index (κ3) is 2.05. The number of hydrogen-bond acceptors (Lipinski definition) is 0. The van der Waals surface area contributed by atoms with E-state index in [2.05, 4.69) is 108 Å². The van der Waals surface area contributed by atoms with Gasteiger partial charge in [0.1, 0.15) is 0 Å². The van der Waals surface area contributed by atoms with Crippen LogP contribution in [-0.2, 0) is 13.1 Å². The minimum Gasteiger partial charge on any atom is -0.341 e. The molecule has 0 fully saturated rings. The van der Waals surface area contributed by atoms with Gasteiger partial charge in [-0.15, -0.1) is 0 Å². The Balaban J connectivity index is 1.91. The normalized spacial score (nSPS) is 12.3. The average Bonchev–Trinajstić information content (AvgIpc) is 3.36. The summed E-state index contributed by atoms with van der Waals surface area (Å²) in [5, 5.41) is 10.9. The highest BCUT2D eigenvalue weighted by molar-refractivity contribution is 6.37. The Bertz CT molecular complexity index is 1850. The highest BCUT2D eigenvalue weighted by atomic mass is 15.0. The number of para-hydroxylation sites is 1. The molecule has 0 spiro atoms. The van der Waals surface area contributed by atoms with Crippen LogP contribution >= 0.6 is 0 Å². The molecule has 0 aliphatic rings. The molecule has 0 aliphatic heterocycles. The molecule has 0 saturated heterocycles. The molecule has 0 amide bonds. The molecule has 0 unspecified atom stereocenters. The van der Waals surface area contributed by atoms with E-state index >= 15 is 0 Å². The van der Waals surface area contributed by atoms with Crippen LogP contribution in [0.15, 0.2) is 84.9 Å². The fourth-order valence-electron chi connectivity index (χ4n) is 6.05. The van der Waals surface area contributed by atoms with Crippen LogP contribution in [0.25, 0.3) is 65.2 Å². The van der Waals surface area contributed by atoms with Gasteiger partial charge in [0, 0.05) is 56.6 Å². The Morgan fingerprint density at radius 2 is 0.969 bits per heavy atom. The maximum absolute atomic E-state index is 2.52. The van der Waals surface area contributed by atoms with E-state index in [9.17, 15) is 0 Å². The second-order valence-corrected chi connectivity index (χ2v) is 8.67. The zero-order valence-corrected chi connectivity index (χ0v) is 18.4. The lowest BCUT2D eigenvalue weighted by atomic mass is 9.95. The smallest absolute Gasteiger partial charge is 0.0577 e. The summed E-state index contributed by atoms with van der Waals surface area (Å²) in [4.78, 5) is 0. The monoisotopic (exact) mass is 412 g/mol. The Hall–Kier alpha value is -3.78. The molecule has 2 nitrogen and oxygen atoms in total. The fraction of sp³-hybridized carbons (Fsp3) is 0.133. The molecular weight excluding hydrogens is 388 g/mol.